The molecule has 0 aromatic rings. The van der Waals surface area contributed by atoms with E-state index in [1.54, 1.807) is 0 Å². The highest BCUT2D eigenvalue weighted by molar-refractivity contribution is 6.30. The molecule has 0 saturated heterocycles. The second kappa shape index (κ2) is 3.40. The largest absolute Gasteiger partial charge is 0.346 e. The van der Waals surface area contributed by atoms with Crippen molar-refractivity contribution in [1.29, 1.82) is 0 Å². The zero-order valence-corrected chi connectivity index (χ0v) is 5.92. The summed E-state index contributed by atoms with van der Waals surface area (Å²) in [5.41, 5.74) is -1.28. The fourth-order valence-electron chi connectivity index (χ4n) is 0.258. The highest BCUT2D eigenvalue weighted by Gasteiger charge is 2.16. The number of hydrogen-bond donors (Lipinski definition) is 0. The van der Waals surface area contributed by atoms with Gasteiger partial charge in [-0.3, -0.25) is 4.79 Å². The van der Waals surface area contributed by atoms with Crippen LogP contribution in [-0.4, -0.2) is 30.4 Å². The summed E-state index contributed by atoms with van der Waals surface area (Å²) in [6.07, 6.45) is 0. The fraction of sp³-hybridized carbons (Fsp3) is 0.750. The number of rotatable bonds is 2. The normalized spacial score (nSPS) is 12.3. The van der Waals surface area contributed by atoms with Crippen molar-refractivity contribution in [2.75, 3.05) is 14.1 Å². The molecule has 9 heavy (non-hydrogen) atoms. The molecular formula is C4H7ClN2O2. The first-order valence-corrected chi connectivity index (χ1v) is 2.71. The van der Waals surface area contributed by atoms with Gasteiger partial charge in [0, 0.05) is 14.1 Å². The third-order valence-corrected chi connectivity index (χ3v) is 1.00. The minimum Gasteiger partial charge on any atom is -0.346 e. The quantitative estimate of drug-likeness (QED) is 0.325. The van der Waals surface area contributed by atoms with Crippen LogP contribution in [0.3, 0.4) is 0 Å². The second-order valence-electron chi connectivity index (χ2n) is 1.67. The maximum atomic E-state index is 10.6. The van der Waals surface area contributed by atoms with Gasteiger partial charge in [0.1, 0.15) is 0 Å². The number of likely N-dealkylation sites (N-methyl/N-ethyl adjacent to an activating group) is 1. The molecule has 1 amide bonds. The summed E-state index contributed by atoms with van der Waals surface area (Å²) in [5.74, 6) is -0.494. The van der Waals surface area contributed by atoms with Gasteiger partial charge in [0.15, 0.2) is 0 Å². The molecule has 0 heterocycles. The summed E-state index contributed by atoms with van der Waals surface area (Å²) >= 11 is 5.14. The predicted octanol–water partition coefficient (Wildman–Crippen LogP) is 0.406. The Morgan fingerprint density at radius 2 is 2.11 bits per heavy atom. The van der Waals surface area contributed by atoms with Crippen molar-refractivity contribution < 1.29 is 4.79 Å². The molecule has 0 aliphatic heterocycles. The SMILES string of the molecule is CN(C)C(=O)C(Cl)N=O. The zero-order chi connectivity index (χ0) is 7.44. The molecule has 0 radical (unpaired) electrons. The molecule has 0 aliphatic carbocycles. The summed E-state index contributed by atoms with van der Waals surface area (Å²) < 4.78 is 0. The molecule has 1 atom stereocenters. The molecule has 1 unspecified atom stereocenters. The van der Waals surface area contributed by atoms with Crippen molar-refractivity contribution in [2.45, 2.75) is 5.50 Å². The van der Waals surface area contributed by atoms with Gasteiger partial charge in [0.25, 0.3) is 5.91 Å². The summed E-state index contributed by atoms with van der Waals surface area (Å²) in [4.78, 5) is 21.4. The first-order chi connectivity index (χ1) is 4.09. The summed E-state index contributed by atoms with van der Waals surface area (Å²) in [6, 6.07) is 0. The maximum Gasteiger partial charge on any atom is 0.265 e. The van der Waals surface area contributed by atoms with Gasteiger partial charge < -0.3 is 4.90 Å². The Balaban J connectivity index is 3.87. The van der Waals surface area contributed by atoms with E-state index < -0.39 is 11.4 Å². The second-order valence-corrected chi connectivity index (χ2v) is 2.09. The number of nitrogens with zero attached hydrogens (tertiary/aromatic N) is 2. The molecule has 4 nitrogen and oxygen atoms in total. The van der Waals surface area contributed by atoms with Crippen LogP contribution in [0.2, 0.25) is 0 Å². The number of nitroso groups, excluding NO2 is 1. The van der Waals surface area contributed by atoms with E-state index in [9.17, 15) is 9.70 Å². The molecule has 0 aromatic carbocycles. The summed E-state index contributed by atoms with van der Waals surface area (Å²) in [7, 11) is 3.01. The predicted molar refractivity (Wildman–Crippen MR) is 34.1 cm³/mol. The smallest absolute Gasteiger partial charge is 0.265 e. The molecule has 0 spiro atoms. The van der Waals surface area contributed by atoms with Crippen molar-refractivity contribution >= 4 is 17.5 Å². The van der Waals surface area contributed by atoms with Crippen LogP contribution < -0.4 is 0 Å². The maximum absolute atomic E-state index is 10.6. The molecule has 0 rings (SSSR count). The van der Waals surface area contributed by atoms with Crippen LogP contribution in [0, 0.1) is 4.91 Å². The van der Waals surface area contributed by atoms with E-state index in [4.69, 9.17) is 11.6 Å². The number of halogens is 1. The average molecular weight is 151 g/mol. The minimum atomic E-state index is -1.28. The standard InChI is InChI=1S/C4H7ClN2O2/c1-7(2)4(8)3(5)6-9/h3H,1-2H3. The molecule has 0 aliphatic rings. The molecule has 52 valence electrons. The lowest BCUT2D eigenvalue weighted by molar-refractivity contribution is -0.128. The van der Waals surface area contributed by atoms with Gasteiger partial charge in [-0.25, -0.2) is 0 Å². The zero-order valence-electron chi connectivity index (χ0n) is 5.17. The topological polar surface area (TPSA) is 49.7 Å². The summed E-state index contributed by atoms with van der Waals surface area (Å²) in [5, 5.41) is 2.33. The Hall–Kier alpha value is -0.640. The van der Waals surface area contributed by atoms with Crippen LogP contribution >= 0.6 is 11.6 Å². The van der Waals surface area contributed by atoms with Crippen LogP contribution in [0.1, 0.15) is 0 Å². The lowest BCUT2D eigenvalue weighted by Gasteiger charge is -2.08. The van der Waals surface area contributed by atoms with Crippen LogP contribution in [0.4, 0.5) is 0 Å². The van der Waals surface area contributed by atoms with Crippen LogP contribution in [-0.2, 0) is 4.79 Å². The average Bonchev–Trinajstić information content (AvgIpc) is 1.84. The van der Waals surface area contributed by atoms with E-state index in [-0.39, 0.29) is 0 Å². The van der Waals surface area contributed by atoms with Crippen LogP contribution in [0.25, 0.3) is 0 Å². The van der Waals surface area contributed by atoms with Crippen molar-refractivity contribution in [3.8, 4) is 0 Å². The van der Waals surface area contributed by atoms with Gasteiger partial charge >= 0.3 is 0 Å². The van der Waals surface area contributed by atoms with Crippen molar-refractivity contribution in [2.24, 2.45) is 5.18 Å². The van der Waals surface area contributed by atoms with E-state index in [1.807, 2.05) is 0 Å². The highest BCUT2D eigenvalue weighted by Crippen LogP contribution is 1.99. The first-order valence-electron chi connectivity index (χ1n) is 2.27. The van der Waals surface area contributed by atoms with E-state index in [0.29, 0.717) is 0 Å². The van der Waals surface area contributed by atoms with E-state index >= 15 is 0 Å². The number of carbonyl (C=O) groups excluding carboxylic acids is 1. The monoisotopic (exact) mass is 150 g/mol. The molecule has 5 heteroatoms. The molecule has 0 saturated carbocycles. The first kappa shape index (κ1) is 8.36. The Bertz CT molecular complexity index is 126. The number of carbonyl (C=O) groups is 1. The van der Waals surface area contributed by atoms with Crippen LogP contribution in [0.5, 0.6) is 0 Å². The van der Waals surface area contributed by atoms with Gasteiger partial charge in [-0.05, 0) is 5.18 Å². The molecule has 0 bridgehead atoms. The highest BCUT2D eigenvalue weighted by atomic mass is 35.5. The lowest BCUT2D eigenvalue weighted by Crippen LogP contribution is -2.28. The van der Waals surface area contributed by atoms with Gasteiger partial charge in [0.2, 0.25) is 5.50 Å². The third-order valence-electron chi connectivity index (χ3n) is 0.737. The van der Waals surface area contributed by atoms with E-state index in [0.717, 1.165) is 0 Å². The lowest BCUT2D eigenvalue weighted by atomic mass is 10.6. The number of hydrogen-bond acceptors (Lipinski definition) is 3. The Morgan fingerprint density at radius 1 is 1.67 bits per heavy atom. The molecule has 0 aromatic heterocycles. The third kappa shape index (κ3) is 2.41. The van der Waals surface area contributed by atoms with Gasteiger partial charge in [-0.15, -0.1) is 4.91 Å². The van der Waals surface area contributed by atoms with Gasteiger partial charge in [0.05, 0.1) is 0 Å². The number of amides is 1. The van der Waals surface area contributed by atoms with E-state index in [2.05, 4.69) is 5.18 Å². The molecular weight excluding hydrogens is 144 g/mol. The van der Waals surface area contributed by atoms with Crippen molar-refractivity contribution in [3.63, 3.8) is 0 Å². The van der Waals surface area contributed by atoms with Crippen molar-refractivity contribution in [1.82, 2.24) is 4.90 Å². The minimum absolute atomic E-state index is 0.494. The molecule has 0 N–H and O–H groups in total. The molecule has 0 fully saturated rings. The van der Waals surface area contributed by atoms with Crippen LogP contribution in [0.15, 0.2) is 5.18 Å². The van der Waals surface area contributed by atoms with Gasteiger partial charge in [-0.2, -0.15) is 0 Å². The van der Waals surface area contributed by atoms with E-state index in [1.165, 1.54) is 19.0 Å². The van der Waals surface area contributed by atoms with Crippen molar-refractivity contribution in [3.05, 3.63) is 4.91 Å². The summed E-state index contributed by atoms with van der Waals surface area (Å²) in [6.45, 7) is 0. The Morgan fingerprint density at radius 3 is 2.22 bits per heavy atom. The number of alkyl halides is 1. The fourth-order valence-corrected chi connectivity index (χ4v) is 0.453. The Kier molecular flexibility index (Phi) is 3.16. The Labute approximate surface area is 57.8 Å². The van der Waals surface area contributed by atoms with Gasteiger partial charge in [-0.1, -0.05) is 11.6 Å².